The van der Waals surface area contributed by atoms with Crippen LogP contribution in [0.3, 0.4) is 0 Å². The van der Waals surface area contributed by atoms with Crippen LogP contribution in [0.4, 0.5) is 0 Å². The lowest BCUT2D eigenvalue weighted by atomic mass is 9.85. The van der Waals surface area contributed by atoms with E-state index in [1.807, 2.05) is 0 Å². The van der Waals surface area contributed by atoms with E-state index in [2.05, 4.69) is 16.0 Å². The van der Waals surface area contributed by atoms with Gasteiger partial charge in [-0.3, -0.25) is 9.59 Å². The van der Waals surface area contributed by atoms with Crippen molar-refractivity contribution < 1.29 is 9.59 Å². The van der Waals surface area contributed by atoms with Crippen molar-refractivity contribution in [3.63, 3.8) is 0 Å². The van der Waals surface area contributed by atoms with Crippen molar-refractivity contribution in [2.75, 3.05) is 26.2 Å². The van der Waals surface area contributed by atoms with Gasteiger partial charge < -0.3 is 16.0 Å². The summed E-state index contributed by atoms with van der Waals surface area (Å²) in [6, 6.07) is 0. The summed E-state index contributed by atoms with van der Waals surface area (Å²) in [5.74, 6) is 0.727. The van der Waals surface area contributed by atoms with Gasteiger partial charge in [0.2, 0.25) is 11.8 Å². The largest absolute Gasteiger partial charge is 0.356 e. The summed E-state index contributed by atoms with van der Waals surface area (Å²) < 4.78 is 0. The predicted octanol–water partition coefficient (Wildman–Crippen LogP) is 0.0502. The molecule has 1 aliphatic carbocycles. The molecule has 0 atom stereocenters. The highest BCUT2D eigenvalue weighted by atomic mass is 35.5. The predicted molar refractivity (Wildman–Crippen MR) is 71.6 cm³/mol. The third kappa shape index (κ3) is 4.14. The maximum absolute atomic E-state index is 11.5. The second kappa shape index (κ2) is 7.59. The maximum atomic E-state index is 11.5. The molecule has 0 unspecified atom stereocenters. The number of hydrogen-bond acceptors (Lipinski definition) is 3. The summed E-state index contributed by atoms with van der Waals surface area (Å²) in [7, 11) is 0. The second-order valence-corrected chi connectivity index (χ2v) is 4.92. The fraction of sp³-hybridized carbons (Fsp3) is 0.833. The number of hydrogen-bond donors (Lipinski definition) is 3. The van der Waals surface area contributed by atoms with Crippen molar-refractivity contribution in [3.8, 4) is 0 Å². The molecule has 1 saturated carbocycles. The van der Waals surface area contributed by atoms with Crippen LogP contribution in [0.5, 0.6) is 0 Å². The van der Waals surface area contributed by atoms with Crippen LogP contribution in [-0.2, 0) is 9.59 Å². The Hall–Kier alpha value is -0.810. The molecule has 2 rings (SSSR count). The van der Waals surface area contributed by atoms with E-state index in [4.69, 9.17) is 0 Å². The van der Waals surface area contributed by atoms with E-state index in [9.17, 15) is 9.59 Å². The topological polar surface area (TPSA) is 70.2 Å². The van der Waals surface area contributed by atoms with Crippen molar-refractivity contribution in [3.05, 3.63) is 0 Å². The molecule has 18 heavy (non-hydrogen) atoms. The molecule has 0 bridgehead atoms. The number of carbonyl (C=O) groups is 2. The Morgan fingerprint density at radius 2 is 1.56 bits per heavy atom. The van der Waals surface area contributed by atoms with Crippen LogP contribution in [0.15, 0.2) is 0 Å². The van der Waals surface area contributed by atoms with Crippen LogP contribution in [0.2, 0.25) is 0 Å². The van der Waals surface area contributed by atoms with Crippen molar-refractivity contribution in [2.24, 2.45) is 11.8 Å². The van der Waals surface area contributed by atoms with Crippen LogP contribution in [0.1, 0.15) is 25.7 Å². The molecule has 2 aliphatic rings. The minimum absolute atomic E-state index is 0. The molecule has 1 aliphatic heterocycles. The maximum Gasteiger partial charge on any atom is 0.225 e. The van der Waals surface area contributed by atoms with Crippen molar-refractivity contribution in [1.82, 2.24) is 16.0 Å². The molecule has 2 fully saturated rings. The van der Waals surface area contributed by atoms with Crippen LogP contribution in [0, 0.1) is 11.8 Å². The smallest absolute Gasteiger partial charge is 0.225 e. The number of rotatable bonds is 6. The molecule has 1 saturated heterocycles. The van der Waals surface area contributed by atoms with E-state index >= 15 is 0 Å². The molecule has 2 amide bonds. The lowest BCUT2D eigenvalue weighted by molar-refractivity contribution is -0.127. The SMILES string of the molecule is Cl.O=C(NCCCNC(=O)C1CNC1)C1CCC1. The van der Waals surface area contributed by atoms with E-state index < -0.39 is 0 Å². The third-order valence-electron chi connectivity index (χ3n) is 3.58. The van der Waals surface area contributed by atoms with Crippen LogP contribution >= 0.6 is 12.4 Å². The van der Waals surface area contributed by atoms with Crippen molar-refractivity contribution >= 4 is 24.2 Å². The Morgan fingerprint density at radius 1 is 1.00 bits per heavy atom. The minimum Gasteiger partial charge on any atom is -0.356 e. The molecule has 0 aromatic rings. The molecule has 6 heteroatoms. The Bertz CT molecular complexity index is 263. The average molecular weight is 276 g/mol. The highest BCUT2D eigenvalue weighted by molar-refractivity contribution is 5.85. The van der Waals surface area contributed by atoms with E-state index in [1.54, 1.807) is 0 Å². The van der Waals surface area contributed by atoms with Gasteiger partial charge in [0.25, 0.3) is 0 Å². The Kier molecular flexibility index (Phi) is 6.43. The zero-order valence-corrected chi connectivity index (χ0v) is 11.4. The lowest BCUT2D eigenvalue weighted by Gasteiger charge is -2.26. The molecule has 0 radical (unpaired) electrons. The van der Waals surface area contributed by atoms with Crippen molar-refractivity contribution in [1.29, 1.82) is 0 Å². The molecule has 104 valence electrons. The number of amides is 2. The van der Waals surface area contributed by atoms with Gasteiger partial charge in [-0.05, 0) is 19.3 Å². The van der Waals surface area contributed by atoms with Crippen LogP contribution in [-0.4, -0.2) is 38.0 Å². The fourth-order valence-electron chi connectivity index (χ4n) is 1.94. The first-order chi connectivity index (χ1) is 8.27. The number of halogens is 1. The third-order valence-corrected chi connectivity index (χ3v) is 3.58. The molecule has 0 aromatic carbocycles. The highest BCUT2D eigenvalue weighted by Gasteiger charge is 2.25. The monoisotopic (exact) mass is 275 g/mol. The Morgan fingerprint density at radius 3 is 1.94 bits per heavy atom. The first-order valence-corrected chi connectivity index (χ1v) is 6.53. The summed E-state index contributed by atoms with van der Waals surface area (Å²) in [6.07, 6.45) is 4.07. The van der Waals surface area contributed by atoms with E-state index in [1.165, 1.54) is 6.42 Å². The normalized spacial score (nSPS) is 19.1. The lowest BCUT2D eigenvalue weighted by Crippen LogP contribution is -2.51. The van der Waals surface area contributed by atoms with Gasteiger partial charge in [0, 0.05) is 32.1 Å². The van der Waals surface area contributed by atoms with Gasteiger partial charge in [-0.1, -0.05) is 6.42 Å². The quantitative estimate of drug-likeness (QED) is 0.600. The van der Waals surface area contributed by atoms with Gasteiger partial charge in [0.1, 0.15) is 0 Å². The standard InChI is InChI=1S/C12H21N3O2.ClH/c16-11(9-3-1-4-9)14-5-2-6-15-12(17)10-7-13-8-10;/h9-10,13H,1-8H2,(H,14,16)(H,15,17);1H. The molecule has 3 N–H and O–H groups in total. The minimum atomic E-state index is 0. The van der Waals surface area contributed by atoms with Gasteiger partial charge in [0.05, 0.1) is 5.92 Å². The van der Waals surface area contributed by atoms with Crippen LogP contribution < -0.4 is 16.0 Å². The average Bonchev–Trinajstić information content (AvgIpc) is 2.11. The zero-order chi connectivity index (χ0) is 12.1. The Labute approximate surface area is 114 Å². The van der Waals surface area contributed by atoms with Gasteiger partial charge >= 0.3 is 0 Å². The summed E-state index contributed by atoms with van der Waals surface area (Å²) >= 11 is 0. The van der Waals surface area contributed by atoms with Gasteiger partial charge in [-0.25, -0.2) is 0 Å². The molecule has 0 aromatic heterocycles. The molecule has 1 heterocycles. The molecule has 5 nitrogen and oxygen atoms in total. The van der Waals surface area contributed by atoms with Crippen LogP contribution in [0.25, 0.3) is 0 Å². The molecular weight excluding hydrogens is 254 g/mol. The fourth-order valence-corrected chi connectivity index (χ4v) is 1.94. The second-order valence-electron chi connectivity index (χ2n) is 4.92. The number of carbonyl (C=O) groups excluding carboxylic acids is 2. The van der Waals surface area contributed by atoms with E-state index in [-0.39, 0.29) is 36.1 Å². The van der Waals surface area contributed by atoms with Gasteiger partial charge in [0.15, 0.2) is 0 Å². The Balaban J connectivity index is 0.00000162. The van der Waals surface area contributed by atoms with Gasteiger partial charge in [-0.15, -0.1) is 12.4 Å². The molecular formula is C12H22ClN3O2. The number of nitrogens with one attached hydrogen (secondary N) is 3. The first-order valence-electron chi connectivity index (χ1n) is 6.53. The highest BCUT2D eigenvalue weighted by Crippen LogP contribution is 2.25. The summed E-state index contributed by atoms with van der Waals surface area (Å²) in [5.41, 5.74) is 0. The summed E-state index contributed by atoms with van der Waals surface area (Å²) in [6.45, 7) is 2.91. The van der Waals surface area contributed by atoms with Crippen molar-refractivity contribution in [2.45, 2.75) is 25.7 Å². The summed E-state index contributed by atoms with van der Waals surface area (Å²) in [4.78, 5) is 22.9. The van der Waals surface area contributed by atoms with Gasteiger partial charge in [-0.2, -0.15) is 0 Å². The summed E-state index contributed by atoms with van der Waals surface area (Å²) in [5, 5.41) is 8.86. The van der Waals surface area contributed by atoms with E-state index in [0.29, 0.717) is 13.1 Å². The van der Waals surface area contributed by atoms with E-state index in [0.717, 1.165) is 32.4 Å². The molecule has 0 spiro atoms. The first kappa shape index (κ1) is 15.2. The zero-order valence-electron chi connectivity index (χ0n) is 10.5.